The minimum absolute atomic E-state index is 0.0749. The van der Waals surface area contributed by atoms with Crippen LogP contribution in [0.3, 0.4) is 0 Å². The van der Waals surface area contributed by atoms with Gasteiger partial charge in [-0.2, -0.15) is 0 Å². The largest absolute Gasteiger partial charge is 0.481 e. The predicted octanol–water partition coefficient (Wildman–Crippen LogP) is 2.09. The van der Waals surface area contributed by atoms with E-state index in [0.29, 0.717) is 12.8 Å². The molecule has 0 bridgehead atoms. The van der Waals surface area contributed by atoms with Gasteiger partial charge in [0.2, 0.25) is 0 Å². The van der Waals surface area contributed by atoms with Crippen LogP contribution in [0.4, 0.5) is 0 Å². The number of hydrogen-bond acceptors (Lipinski definition) is 3. The highest BCUT2D eigenvalue weighted by molar-refractivity contribution is 5.82. The van der Waals surface area contributed by atoms with Gasteiger partial charge in [0, 0.05) is 11.5 Å². The standard InChI is InChI=1S/C16H21NO4/c1-3-15(14(20)21)10-16(15,17-9-13(18)19)11(2)12-7-5-4-6-8-12/h4-8,11,17H,3,9-10H2,1-2H3,(H,18,19)(H,20,21). The predicted molar refractivity (Wildman–Crippen MR) is 78.2 cm³/mol. The Bertz CT molecular complexity index is 544. The normalized spacial score (nSPS) is 28.9. The van der Waals surface area contributed by atoms with Gasteiger partial charge >= 0.3 is 11.9 Å². The third kappa shape index (κ3) is 2.42. The van der Waals surface area contributed by atoms with Crippen LogP contribution in [0.5, 0.6) is 0 Å². The Morgan fingerprint density at radius 2 is 1.90 bits per heavy atom. The van der Waals surface area contributed by atoms with Gasteiger partial charge in [-0.1, -0.05) is 44.2 Å². The maximum Gasteiger partial charge on any atom is 0.317 e. The number of aliphatic carboxylic acids is 2. The molecule has 0 aliphatic heterocycles. The van der Waals surface area contributed by atoms with Crippen molar-refractivity contribution >= 4 is 11.9 Å². The third-order valence-corrected chi connectivity index (χ3v) is 4.92. The van der Waals surface area contributed by atoms with Crippen LogP contribution in [0, 0.1) is 5.41 Å². The second kappa shape index (κ2) is 5.48. The summed E-state index contributed by atoms with van der Waals surface area (Å²) in [5, 5.41) is 21.6. The Hall–Kier alpha value is -1.88. The van der Waals surface area contributed by atoms with Crippen molar-refractivity contribution in [2.24, 2.45) is 5.41 Å². The van der Waals surface area contributed by atoms with Crippen molar-refractivity contribution in [1.82, 2.24) is 5.32 Å². The van der Waals surface area contributed by atoms with Gasteiger partial charge in [-0.25, -0.2) is 0 Å². The number of carbonyl (C=O) groups is 2. The molecule has 2 rings (SSSR count). The summed E-state index contributed by atoms with van der Waals surface area (Å²) in [6.07, 6.45) is 0.932. The Balaban J connectivity index is 2.35. The topological polar surface area (TPSA) is 86.6 Å². The van der Waals surface area contributed by atoms with Crippen molar-refractivity contribution in [2.45, 2.75) is 38.1 Å². The molecule has 3 atom stereocenters. The van der Waals surface area contributed by atoms with Crippen LogP contribution in [0.1, 0.15) is 38.2 Å². The SMILES string of the molecule is CCC1(C(=O)O)CC1(NCC(=O)O)C(C)c1ccccc1. The first-order chi connectivity index (χ1) is 9.89. The lowest BCUT2D eigenvalue weighted by molar-refractivity contribution is -0.145. The van der Waals surface area contributed by atoms with E-state index in [-0.39, 0.29) is 12.5 Å². The van der Waals surface area contributed by atoms with E-state index in [9.17, 15) is 14.7 Å². The molecule has 1 aromatic rings. The Kier molecular flexibility index (Phi) is 4.05. The highest BCUT2D eigenvalue weighted by Crippen LogP contribution is 2.64. The van der Waals surface area contributed by atoms with E-state index in [1.807, 2.05) is 44.2 Å². The van der Waals surface area contributed by atoms with E-state index >= 15 is 0 Å². The number of nitrogens with one attached hydrogen (secondary N) is 1. The second-order valence-corrected chi connectivity index (χ2v) is 5.77. The molecule has 1 aliphatic carbocycles. The van der Waals surface area contributed by atoms with E-state index in [4.69, 9.17) is 5.11 Å². The van der Waals surface area contributed by atoms with Crippen molar-refractivity contribution in [3.8, 4) is 0 Å². The number of benzene rings is 1. The molecule has 0 heterocycles. The van der Waals surface area contributed by atoms with Crippen molar-refractivity contribution < 1.29 is 19.8 Å². The molecule has 1 saturated carbocycles. The van der Waals surface area contributed by atoms with Crippen LogP contribution in [0.2, 0.25) is 0 Å². The van der Waals surface area contributed by atoms with Crippen molar-refractivity contribution in [3.63, 3.8) is 0 Å². The molecular weight excluding hydrogens is 270 g/mol. The van der Waals surface area contributed by atoms with Crippen LogP contribution in [0.25, 0.3) is 0 Å². The van der Waals surface area contributed by atoms with Crippen molar-refractivity contribution in [1.29, 1.82) is 0 Å². The van der Waals surface area contributed by atoms with Gasteiger partial charge in [0.05, 0.1) is 12.0 Å². The van der Waals surface area contributed by atoms with E-state index in [1.165, 1.54) is 0 Å². The number of rotatable bonds is 7. The van der Waals surface area contributed by atoms with Gasteiger partial charge in [0.25, 0.3) is 0 Å². The second-order valence-electron chi connectivity index (χ2n) is 5.77. The fourth-order valence-electron chi connectivity index (χ4n) is 3.50. The average molecular weight is 291 g/mol. The highest BCUT2D eigenvalue weighted by Gasteiger charge is 2.73. The smallest absolute Gasteiger partial charge is 0.317 e. The van der Waals surface area contributed by atoms with Gasteiger partial charge in [-0.3, -0.25) is 14.9 Å². The maximum absolute atomic E-state index is 11.7. The average Bonchev–Trinajstić information content (AvgIpc) is 3.16. The molecule has 21 heavy (non-hydrogen) atoms. The molecule has 0 radical (unpaired) electrons. The fraction of sp³-hybridized carbons (Fsp3) is 0.500. The molecule has 0 amide bonds. The fourth-order valence-corrected chi connectivity index (χ4v) is 3.50. The zero-order chi connectivity index (χ0) is 15.7. The lowest BCUT2D eigenvalue weighted by atomic mass is 9.83. The van der Waals surface area contributed by atoms with E-state index in [0.717, 1.165) is 5.56 Å². The first kappa shape index (κ1) is 15.5. The molecule has 114 valence electrons. The van der Waals surface area contributed by atoms with Crippen molar-refractivity contribution in [3.05, 3.63) is 35.9 Å². The molecule has 3 unspecified atom stereocenters. The Labute approximate surface area is 124 Å². The summed E-state index contributed by atoms with van der Waals surface area (Å²) in [6, 6.07) is 9.64. The third-order valence-electron chi connectivity index (χ3n) is 4.92. The van der Waals surface area contributed by atoms with Crippen LogP contribution >= 0.6 is 0 Å². The van der Waals surface area contributed by atoms with Crippen LogP contribution in [0.15, 0.2) is 30.3 Å². The lowest BCUT2D eigenvalue weighted by Gasteiger charge is -2.29. The number of hydrogen-bond donors (Lipinski definition) is 3. The van der Waals surface area contributed by atoms with E-state index in [1.54, 1.807) is 0 Å². The summed E-state index contributed by atoms with van der Waals surface area (Å²) in [7, 11) is 0. The first-order valence-electron chi connectivity index (χ1n) is 7.15. The molecule has 0 aromatic heterocycles. The molecule has 5 heteroatoms. The molecule has 1 fully saturated rings. The van der Waals surface area contributed by atoms with E-state index < -0.39 is 22.9 Å². The minimum atomic E-state index is -0.975. The maximum atomic E-state index is 11.7. The summed E-state index contributed by atoms with van der Waals surface area (Å²) >= 11 is 0. The Morgan fingerprint density at radius 1 is 1.29 bits per heavy atom. The molecule has 1 aliphatic rings. The number of carboxylic acid groups (broad SMARTS) is 2. The molecule has 0 saturated heterocycles. The zero-order valence-corrected chi connectivity index (χ0v) is 12.3. The summed E-state index contributed by atoms with van der Waals surface area (Å²) in [4.78, 5) is 22.6. The van der Waals surface area contributed by atoms with E-state index in [2.05, 4.69) is 5.32 Å². The number of carboxylic acids is 2. The first-order valence-corrected chi connectivity index (χ1v) is 7.15. The summed E-state index contributed by atoms with van der Waals surface area (Å²) < 4.78 is 0. The van der Waals surface area contributed by atoms with Gasteiger partial charge in [-0.15, -0.1) is 0 Å². The van der Waals surface area contributed by atoms with Crippen LogP contribution < -0.4 is 5.32 Å². The van der Waals surface area contributed by atoms with Gasteiger partial charge in [0.15, 0.2) is 0 Å². The van der Waals surface area contributed by atoms with Crippen LogP contribution in [-0.4, -0.2) is 34.2 Å². The summed E-state index contributed by atoms with van der Waals surface area (Å²) in [5.74, 6) is -1.91. The van der Waals surface area contributed by atoms with Crippen LogP contribution in [-0.2, 0) is 9.59 Å². The molecule has 1 aromatic carbocycles. The molecule has 0 spiro atoms. The lowest BCUT2D eigenvalue weighted by Crippen LogP contribution is -2.46. The summed E-state index contributed by atoms with van der Waals surface area (Å²) in [5.41, 5.74) is -0.572. The van der Waals surface area contributed by atoms with Gasteiger partial charge < -0.3 is 10.2 Å². The minimum Gasteiger partial charge on any atom is -0.481 e. The highest BCUT2D eigenvalue weighted by atomic mass is 16.4. The quantitative estimate of drug-likeness (QED) is 0.716. The molecule has 3 N–H and O–H groups in total. The molecule has 5 nitrogen and oxygen atoms in total. The Morgan fingerprint density at radius 3 is 2.33 bits per heavy atom. The monoisotopic (exact) mass is 291 g/mol. The molecular formula is C16H21NO4. The van der Waals surface area contributed by atoms with Gasteiger partial charge in [-0.05, 0) is 18.4 Å². The summed E-state index contributed by atoms with van der Waals surface area (Å²) in [6.45, 7) is 3.58. The zero-order valence-electron chi connectivity index (χ0n) is 12.3. The van der Waals surface area contributed by atoms with Gasteiger partial charge in [0.1, 0.15) is 0 Å². The van der Waals surface area contributed by atoms with Crippen molar-refractivity contribution in [2.75, 3.05) is 6.54 Å².